The second-order valence-corrected chi connectivity index (χ2v) is 12.5. The van der Waals surface area contributed by atoms with E-state index in [1.165, 1.54) is 27.8 Å². The lowest BCUT2D eigenvalue weighted by atomic mass is 9.96. The lowest BCUT2D eigenvalue weighted by molar-refractivity contribution is 0.673. The summed E-state index contributed by atoms with van der Waals surface area (Å²) in [6.07, 6.45) is 0.815. The minimum atomic E-state index is 0.667. The third kappa shape index (κ3) is 4.21. The summed E-state index contributed by atoms with van der Waals surface area (Å²) in [5.74, 6) is 0.667. The SMILES string of the molecule is c1ccc(-c2ccc(-c3cc(-c4nc(-c5ccccc5)c5c(n4)-c4ccccc4C5)c4oc5c6ccccc6ccc5c4c3)cc2)cc1. The maximum Gasteiger partial charge on any atom is 0.164 e. The lowest BCUT2D eigenvalue weighted by Crippen LogP contribution is -1.99. The molecule has 0 bridgehead atoms. The van der Waals surface area contributed by atoms with Gasteiger partial charge >= 0.3 is 0 Å². The van der Waals surface area contributed by atoms with E-state index in [1.54, 1.807) is 0 Å². The topological polar surface area (TPSA) is 38.9 Å². The molecular weight excluding hydrogens is 585 g/mol. The second kappa shape index (κ2) is 10.6. The molecule has 0 aliphatic heterocycles. The Balaban J connectivity index is 1.25. The van der Waals surface area contributed by atoms with Crippen molar-refractivity contribution in [1.29, 1.82) is 0 Å². The number of aromatic nitrogens is 2. The van der Waals surface area contributed by atoms with E-state index in [4.69, 9.17) is 14.4 Å². The molecule has 3 nitrogen and oxygen atoms in total. The number of furan rings is 1. The van der Waals surface area contributed by atoms with Crippen molar-refractivity contribution in [3.05, 3.63) is 169 Å². The van der Waals surface area contributed by atoms with Crippen LogP contribution in [-0.2, 0) is 6.42 Å². The standard InChI is InChI=1S/C45H28N2O/c1-3-11-28(12-4-1)29-19-21-30(22-20-29)34-26-38-37-24-23-31-13-7-10-18-36(31)43(37)48-44(38)40(27-34)45-46-41(32-14-5-2-6-15-32)39-25-33-16-8-9-17-35(33)42(39)47-45/h1-24,26-27H,25H2. The summed E-state index contributed by atoms with van der Waals surface area (Å²) >= 11 is 0. The largest absolute Gasteiger partial charge is 0.455 e. The van der Waals surface area contributed by atoms with E-state index in [0.29, 0.717) is 5.82 Å². The molecule has 0 saturated carbocycles. The van der Waals surface area contributed by atoms with Crippen molar-refractivity contribution in [2.75, 3.05) is 0 Å². The minimum absolute atomic E-state index is 0.667. The highest BCUT2D eigenvalue weighted by molar-refractivity contribution is 6.18. The lowest BCUT2D eigenvalue weighted by Gasteiger charge is -2.13. The van der Waals surface area contributed by atoms with Crippen LogP contribution >= 0.6 is 0 Å². The molecular formula is C45H28N2O. The molecule has 1 aliphatic carbocycles. The Morgan fingerprint density at radius 3 is 1.88 bits per heavy atom. The minimum Gasteiger partial charge on any atom is -0.455 e. The molecule has 0 spiro atoms. The Labute approximate surface area is 277 Å². The zero-order valence-corrected chi connectivity index (χ0v) is 26.0. The van der Waals surface area contributed by atoms with Crippen LogP contribution in [0.15, 0.2) is 162 Å². The molecule has 0 radical (unpaired) electrons. The van der Waals surface area contributed by atoms with Crippen molar-refractivity contribution in [2.24, 2.45) is 0 Å². The van der Waals surface area contributed by atoms with E-state index < -0.39 is 0 Å². The maximum atomic E-state index is 6.87. The zero-order valence-electron chi connectivity index (χ0n) is 26.0. The Hall–Kier alpha value is -6.32. The van der Waals surface area contributed by atoms with Crippen molar-refractivity contribution in [3.8, 4) is 56.2 Å². The van der Waals surface area contributed by atoms with Crippen LogP contribution in [-0.4, -0.2) is 9.97 Å². The van der Waals surface area contributed by atoms with Crippen LogP contribution in [0.2, 0.25) is 0 Å². The van der Waals surface area contributed by atoms with Gasteiger partial charge in [0, 0.05) is 39.3 Å². The van der Waals surface area contributed by atoms with E-state index in [-0.39, 0.29) is 0 Å². The summed E-state index contributed by atoms with van der Waals surface area (Å²) in [7, 11) is 0. The van der Waals surface area contributed by atoms with E-state index >= 15 is 0 Å². The summed E-state index contributed by atoms with van der Waals surface area (Å²) in [5, 5.41) is 4.39. The van der Waals surface area contributed by atoms with Crippen LogP contribution in [0, 0.1) is 0 Å². The molecule has 0 saturated heterocycles. The van der Waals surface area contributed by atoms with Gasteiger partial charge in [0.1, 0.15) is 11.2 Å². The van der Waals surface area contributed by atoms with Crippen molar-refractivity contribution >= 4 is 32.7 Å². The summed E-state index contributed by atoms with van der Waals surface area (Å²) < 4.78 is 6.87. The van der Waals surface area contributed by atoms with E-state index in [1.807, 2.05) is 0 Å². The van der Waals surface area contributed by atoms with Gasteiger partial charge in [-0.25, -0.2) is 9.97 Å². The zero-order chi connectivity index (χ0) is 31.6. The van der Waals surface area contributed by atoms with Gasteiger partial charge in [-0.1, -0.05) is 140 Å². The molecule has 48 heavy (non-hydrogen) atoms. The van der Waals surface area contributed by atoms with Crippen molar-refractivity contribution in [1.82, 2.24) is 9.97 Å². The molecule has 0 N–H and O–H groups in total. The van der Waals surface area contributed by atoms with Gasteiger partial charge in [-0.3, -0.25) is 0 Å². The molecule has 3 heteroatoms. The number of benzene rings is 7. The highest BCUT2D eigenvalue weighted by atomic mass is 16.3. The predicted molar refractivity (Wildman–Crippen MR) is 197 cm³/mol. The monoisotopic (exact) mass is 612 g/mol. The van der Waals surface area contributed by atoms with Gasteiger partial charge in [-0.2, -0.15) is 0 Å². The smallest absolute Gasteiger partial charge is 0.164 e. The summed E-state index contributed by atoms with van der Waals surface area (Å²) in [6.45, 7) is 0. The van der Waals surface area contributed by atoms with Crippen LogP contribution in [0.4, 0.5) is 0 Å². The first-order chi connectivity index (χ1) is 23.8. The van der Waals surface area contributed by atoms with Gasteiger partial charge in [0.15, 0.2) is 5.82 Å². The average molecular weight is 613 g/mol. The van der Waals surface area contributed by atoms with Crippen LogP contribution in [0.5, 0.6) is 0 Å². The van der Waals surface area contributed by atoms with Crippen molar-refractivity contribution in [3.63, 3.8) is 0 Å². The van der Waals surface area contributed by atoms with E-state index in [2.05, 4.69) is 158 Å². The van der Waals surface area contributed by atoms with Gasteiger partial charge in [0.05, 0.1) is 17.0 Å². The Morgan fingerprint density at radius 1 is 0.417 bits per heavy atom. The highest BCUT2D eigenvalue weighted by Gasteiger charge is 2.27. The van der Waals surface area contributed by atoms with Crippen molar-refractivity contribution in [2.45, 2.75) is 6.42 Å². The molecule has 0 fully saturated rings. The second-order valence-electron chi connectivity index (χ2n) is 12.5. The first kappa shape index (κ1) is 26.9. The third-order valence-electron chi connectivity index (χ3n) is 9.72. The molecule has 2 aromatic heterocycles. The highest BCUT2D eigenvalue weighted by Crippen LogP contribution is 2.44. The molecule has 7 aromatic carbocycles. The number of hydrogen-bond acceptors (Lipinski definition) is 3. The first-order valence-corrected chi connectivity index (χ1v) is 16.4. The average Bonchev–Trinajstić information content (AvgIpc) is 3.74. The Kier molecular flexibility index (Phi) is 5.94. The van der Waals surface area contributed by atoms with Gasteiger partial charge < -0.3 is 4.42 Å². The van der Waals surface area contributed by atoms with Gasteiger partial charge in [0.25, 0.3) is 0 Å². The molecule has 0 amide bonds. The number of rotatable bonds is 4. The normalized spacial score (nSPS) is 12.1. The molecule has 0 atom stereocenters. The van der Waals surface area contributed by atoms with Crippen molar-refractivity contribution < 1.29 is 4.42 Å². The fraction of sp³-hybridized carbons (Fsp3) is 0.0222. The number of fused-ring (bicyclic) bond motifs is 8. The summed E-state index contributed by atoms with van der Waals surface area (Å²) in [5.41, 5.74) is 13.9. The molecule has 2 heterocycles. The van der Waals surface area contributed by atoms with Crippen LogP contribution in [0.1, 0.15) is 11.1 Å². The van der Waals surface area contributed by atoms with Crippen LogP contribution in [0.25, 0.3) is 88.9 Å². The molecule has 0 unspecified atom stereocenters. The fourth-order valence-corrected chi connectivity index (χ4v) is 7.35. The first-order valence-electron chi connectivity index (χ1n) is 16.4. The maximum absolute atomic E-state index is 6.87. The van der Waals surface area contributed by atoms with Gasteiger partial charge in [-0.05, 0) is 51.4 Å². The van der Waals surface area contributed by atoms with Gasteiger partial charge in [-0.15, -0.1) is 0 Å². The number of hydrogen-bond donors (Lipinski definition) is 0. The summed E-state index contributed by atoms with van der Waals surface area (Å²) in [4.78, 5) is 10.7. The number of nitrogens with zero attached hydrogens (tertiary/aromatic N) is 2. The van der Waals surface area contributed by atoms with Crippen LogP contribution in [0.3, 0.4) is 0 Å². The predicted octanol–water partition coefficient (Wildman–Crippen LogP) is 11.8. The molecule has 1 aliphatic rings. The molecule has 224 valence electrons. The quantitative estimate of drug-likeness (QED) is 0.198. The fourth-order valence-electron chi connectivity index (χ4n) is 7.35. The molecule has 10 rings (SSSR count). The molecule has 9 aromatic rings. The van der Waals surface area contributed by atoms with Gasteiger partial charge in [0.2, 0.25) is 0 Å². The van der Waals surface area contributed by atoms with E-state index in [9.17, 15) is 0 Å². The third-order valence-corrected chi connectivity index (χ3v) is 9.72. The summed E-state index contributed by atoms with van der Waals surface area (Å²) in [6, 6.07) is 55.7. The van der Waals surface area contributed by atoms with E-state index in [0.717, 1.165) is 72.8 Å². The Morgan fingerprint density at radius 2 is 1.06 bits per heavy atom. The van der Waals surface area contributed by atoms with Crippen LogP contribution < -0.4 is 0 Å². The Bertz CT molecular complexity index is 2670.